The first-order valence-corrected chi connectivity index (χ1v) is 7.21. The van der Waals surface area contributed by atoms with E-state index in [0.29, 0.717) is 6.04 Å². The Labute approximate surface area is 108 Å². The van der Waals surface area contributed by atoms with Crippen LogP contribution in [0, 0.1) is 5.92 Å². The van der Waals surface area contributed by atoms with Gasteiger partial charge in [-0.2, -0.15) is 4.98 Å². The highest BCUT2D eigenvalue weighted by atomic mass is 15.4. The summed E-state index contributed by atoms with van der Waals surface area (Å²) < 4.78 is 0. The van der Waals surface area contributed by atoms with Gasteiger partial charge in [0, 0.05) is 32.1 Å². The molecule has 0 unspecified atom stereocenters. The number of piperazine rings is 1. The summed E-state index contributed by atoms with van der Waals surface area (Å²) in [4.78, 5) is 6.94. The van der Waals surface area contributed by atoms with Crippen molar-refractivity contribution in [3.8, 4) is 0 Å². The van der Waals surface area contributed by atoms with Crippen LogP contribution in [0.2, 0.25) is 0 Å². The SMILES string of the molecule is C[C@H]1CN(c2n[nH]c(CC3CCCC3)n2)CCN1. The van der Waals surface area contributed by atoms with Gasteiger partial charge in [-0.3, -0.25) is 5.10 Å². The van der Waals surface area contributed by atoms with Crippen molar-refractivity contribution < 1.29 is 0 Å². The molecule has 0 amide bonds. The van der Waals surface area contributed by atoms with E-state index in [2.05, 4.69) is 32.3 Å². The highest BCUT2D eigenvalue weighted by Crippen LogP contribution is 2.27. The Bertz CT molecular complexity index is 382. The maximum Gasteiger partial charge on any atom is 0.244 e. The van der Waals surface area contributed by atoms with Crippen molar-refractivity contribution in [3.63, 3.8) is 0 Å². The molecule has 2 heterocycles. The standard InChI is InChI=1S/C13H23N5/c1-10-9-18(7-6-14-10)13-15-12(16-17-13)8-11-4-2-3-5-11/h10-11,14H,2-9H2,1H3,(H,15,16,17)/t10-/m0/s1. The van der Waals surface area contributed by atoms with Crippen molar-refractivity contribution in [2.45, 2.75) is 45.1 Å². The van der Waals surface area contributed by atoms with E-state index in [1.54, 1.807) is 0 Å². The summed E-state index contributed by atoms with van der Waals surface area (Å²) in [7, 11) is 0. The van der Waals surface area contributed by atoms with Crippen molar-refractivity contribution in [1.29, 1.82) is 0 Å². The summed E-state index contributed by atoms with van der Waals surface area (Å²) in [6, 6.07) is 0.524. The predicted molar refractivity (Wildman–Crippen MR) is 71.7 cm³/mol. The molecule has 1 saturated heterocycles. The second-order valence-electron chi connectivity index (χ2n) is 5.74. The molecule has 18 heavy (non-hydrogen) atoms. The molecule has 2 fully saturated rings. The number of nitrogens with one attached hydrogen (secondary N) is 2. The number of rotatable bonds is 3. The number of nitrogens with zero attached hydrogens (tertiary/aromatic N) is 3. The fraction of sp³-hybridized carbons (Fsp3) is 0.846. The van der Waals surface area contributed by atoms with Gasteiger partial charge in [0.05, 0.1) is 0 Å². The molecular formula is C13H23N5. The quantitative estimate of drug-likeness (QED) is 0.848. The normalized spacial score (nSPS) is 25.8. The molecule has 5 nitrogen and oxygen atoms in total. The number of H-pyrrole nitrogens is 1. The largest absolute Gasteiger partial charge is 0.337 e. The van der Waals surface area contributed by atoms with Gasteiger partial charge in [-0.25, -0.2) is 0 Å². The van der Waals surface area contributed by atoms with Crippen LogP contribution >= 0.6 is 0 Å². The molecule has 1 atom stereocenters. The van der Waals surface area contributed by atoms with Crippen LogP contribution in [0.15, 0.2) is 0 Å². The molecule has 1 saturated carbocycles. The Morgan fingerprint density at radius 1 is 1.33 bits per heavy atom. The third-order valence-corrected chi connectivity index (χ3v) is 4.13. The summed E-state index contributed by atoms with van der Waals surface area (Å²) >= 11 is 0. The summed E-state index contributed by atoms with van der Waals surface area (Å²) in [6.45, 7) is 5.23. The van der Waals surface area contributed by atoms with E-state index >= 15 is 0 Å². The van der Waals surface area contributed by atoms with Crippen molar-refractivity contribution >= 4 is 5.95 Å². The lowest BCUT2D eigenvalue weighted by molar-refractivity contribution is 0.479. The van der Waals surface area contributed by atoms with Crippen LogP contribution in [0.5, 0.6) is 0 Å². The molecule has 100 valence electrons. The molecule has 0 aromatic carbocycles. The predicted octanol–water partition coefficient (Wildman–Crippen LogP) is 1.34. The van der Waals surface area contributed by atoms with E-state index in [1.807, 2.05) is 0 Å². The minimum Gasteiger partial charge on any atom is -0.337 e. The van der Waals surface area contributed by atoms with Crippen molar-refractivity contribution in [1.82, 2.24) is 20.5 Å². The van der Waals surface area contributed by atoms with E-state index in [4.69, 9.17) is 0 Å². The fourth-order valence-electron chi connectivity index (χ4n) is 3.12. The highest BCUT2D eigenvalue weighted by Gasteiger charge is 2.21. The minimum atomic E-state index is 0.524. The Kier molecular flexibility index (Phi) is 3.50. The van der Waals surface area contributed by atoms with E-state index in [9.17, 15) is 0 Å². The topological polar surface area (TPSA) is 56.8 Å². The molecule has 1 aromatic rings. The minimum absolute atomic E-state index is 0.524. The van der Waals surface area contributed by atoms with Gasteiger partial charge < -0.3 is 10.2 Å². The average Bonchev–Trinajstić information content (AvgIpc) is 3.01. The lowest BCUT2D eigenvalue weighted by atomic mass is 10.0. The number of aromatic amines is 1. The summed E-state index contributed by atoms with van der Waals surface area (Å²) in [5, 5.41) is 10.9. The van der Waals surface area contributed by atoms with E-state index in [0.717, 1.165) is 43.7 Å². The molecule has 1 aliphatic carbocycles. The average molecular weight is 249 g/mol. The zero-order valence-electron chi connectivity index (χ0n) is 11.2. The zero-order chi connectivity index (χ0) is 12.4. The first-order valence-electron chi connectivity index (χ1n) is 7.21. The van der Waals surface area contributed by atoms with Gasteiger partial charge in [-0.1, -0.05) is 25.7 Å². The number of aromatic nitrogens is 3. The van der Waals surface area contributed by atoms with Crippen LogP contribution in [0.25, 0.3) is 0 Å². The Morgan fingerprint density at radius 3 is 2.94 bits per heavy atom. The molecule has 2 N–H and O–H groups in total. The molecule has 0 radical (unpaired) electrons. The zero-order valence-corrected chi connectivity index (χ0v) is 11.2. The molecule has 2 aliphatic rings. The van der Waals surface area contributed by atoms with Crippen LogP contribution in [0.3, 0.4) is 0 Å². The number of hydrogen-bond acceptors (Lipinski definition) is 4. The van der Waals surface area contributed by atoms with E-state index < -0.39 is 0 Å². The third kappa shape index (κ3) is 2.66. The Balaban J connectivity index is 1.61. The molecular weight excluding hydrogens is 226 g/mol. The smallest absolute Gasteiger partial charge is 0.244 e. The lowest BCUT2D eigenvalue weighted by Crippen LogP contribution is -2.49. The molecule has 0 spiro atoms. The van der Waals surface area contributed by atoms with Crippen molar-refractivity contribution in [2.75, 3.05) is 24.5 Å². The molecule has 0 bridgehead atoms. The first-order chi connectivity index (χ1) is 8.81. The van der Waals surface area contributed by atoms with Gasteiger partial charge in [0.1, 0.15) is 5.82 Å². The number of anilines is 1. The van der Waals surface area contributed by atoms with Crippen LogP contribution < -0.4 is 10.2 Å². The second kappa shape index (κ2) is 5.26. The summed E-state index contributed by atoms with van der Waals surface area (Å²) in [5.41, 5.74) is 0. The van der Waals surface area contributed by atoms with Crippen LogP contribution in [-0.4, -0.2) is 40.9 Å². The third-order valence-electron chi connectivity index (χ3n) is 4.13. The van der Waals surface area contributed by atoms with Gasteiger partial charge in [-0.15, -0.1) is 5.10 Å². The summed E-state index contributed by atoms with van der Waals surface area (Å²) in [6.07, 6.45) is 6.58. The maximum atomic E-state index is 4.66. The molecule has 1 aromatic heterocycles. The van der Waals surface area contributed by atoms with E-state index in [1.165, 1.54) is 25.7 Å². The highest BCUT2D eigenvalue weighted by molar-refractivity contribution is 5.30. The number of hydrogen-bond donors (Lipinski definition) is 2. The molecule has 3 rings (SSSR count). The first kappa shape index (κ1) is 12.0. The second-order valence-corrected chi connectivity index (χ2v) is 5.74. The van der Waals surface area contributed by atoms with E-state index in [-0.39, 0.29) is 0 Å². The van der Waals surface area contributed by atoms with Crippen LogP contribution in [0.1, 0.15) is 38.4 Å². The lowest BCUT2D eigenvalue weighted by Gasteiger charge is -2.30. The van der Waals surface area contributed by atoms with Crippen molar-refractivity contribution in [3.05, 3.63) is 5.82 Å². The fourth-order valence-corrected chi connectivity index (χ4v) is 3.12. The summed E-state index contributed by atoms with van der Waals surface area (Å²) in [5.74, 6) is 2.78. The van der Waals surface area contributed by atoms with Gasteiger partial charge in [0.15, 0.2) is 0 Å². The van der Waals surface area contributed by atoms with Gasteiger partial charge in [0.2, 0.25) is 5.95 Å². The maximum absolute atomic E-state index is 4.66. The monoisotopic (exact) mass is 249 g/mol. The van der Waals surface area contributed by atoms with Crippen LogP contribution in [-0.2, 0) is 6.42 Å². The Morgan fingerprint density at radius 2 is 2.17 bits per heavy atom. The van der Waals surface area contributed by atoms with Crippen molar-refractivity contribution in [2.24, 2.45) is 5.92 Å². The molecule has 1 aliphatic heterocycles. The molecule has 5 heteroatoms. The van der Waals surface area contributed by atoms with Crippen LogP contribution in [0.4, 0.5) is 5.95 Å². The van der Waals surface area contributed by atoms with Gasteiger partial charge >= 0.3 is 0 Å². The Hall–Kier alpha value is -1.10. The van der Waals surface area contributed by atoms with Gasteiger partial charge in [0.25, 0.3) is 0 Å². The van der Waals surface area contributed by atoms with Gasteiger partial charge in [-0.05, 0) is 12.8 Å².